The maximum absolute atomic E-state index is 6.37. The molecular weight excluding hydrogens is 414 g/mol. The lowest BCUT2D eigenvalue weighted by Crippen LogP contribution is -2.40. The zero-order valence-corrected chi connectivity index (χ0v) is 24.0. The first-order chi connectivity index (χ1) is 16.6. The van der Waals surface area contributed by atoms with Crippen LogP contribution in [0, 0.1) is 23.7 Å². The Bertz CT molecular complexity index is 499. The molecule has 1 aliphatic heterocycles. The van der Waals surface area contributed by atoms with Crippen molar-refractivity contribution in [3.8, 4) is 11.8 Å². The predicted molar refractivity (Wildman–Crippen MR) is 151 cm³/mol. The van der Waals surface area contributed by atoms with Gasteiger partial charge in [0.1, 0.15) is 6.10 Å². The van der Waals surface area contributed by atoms with Crippen molar-refractivity contribution in [2.24, 2.45) is 11.8 Å². The lowest BCUT2D eigenvalue weighted by Gasteiger charge is -2.35. The lowest BCUT2D eigenvalue weighted by atomic mass is 9.93. The molecule has 0 saturated carbocycles. The van der Waals surface area contributed by atoms with E-state index in [0.29, 0.717) is 12.0 Å². The van der Waals surface area contributed by atoms with Crippen molar-refractivity contribution in [2.75, 3.05) is 19.6 Å². The van der Waals surface area contributed by atoms with Crippen LogP contribution >= 0.6 is 0 Å². The summed E-state index contributed by atoms with van der Waals surface area (Å²) in [4.78, 5) is 2.74. The minimum absolute atomic E-state index is 0.0759. The number of rotatable bonds is 20. The van der Waals surface area contributed by atoms with Crippen LogP contribution in [0.4, 0.5) is 0 Å². The molecular formula is C32H61NO. The molecule has 0 aromatic heterocycles. The lowest BCUT2D eigenvalue weighted by molar-refractivity contribution is -0.0146. The number of nitrogens with zero attached hydrogens (tertiary/aromatic N) is 1. The van der Waals surface area contributed by atoms with Gasteiger partial charge in [0.15, 0.2) is 0 Å². The van der Waals surface area contributed by atoms with Gasteiger partial charge in [0.25, 0.3) is 0 Å². The Labute approximate surface area is 215 Å². The molecule has 0 aromatic rings. The van der Waals surface area contributed by atoms with Gasteiger partial charge in [0.05, 0.1) is 6.10 Å². The van der Waals surface area contributed by atoms with Crippen molar-refractivity contribution in [1.29, 1.82) is 0 Å². The summed E-state index contributed by atoms with van der Waals surface area (Å²) >= 11 is 0. The number of likely N-dealkylation sites (tertiary alicyclic amines) is 1. The quantitative estimate of drug-likeness (QED) is 0.128. The van der Waals surface area contributed by atoms with E-state index < -0.39 is 0 Å². The monoisotopic (exact) mass is 475 g/mol. The van der Waals surface area contributed by atoms with E-state index in [2.05, 4.69) is 51.4 Å². The number of ether oxygens (including phenoxy) is 1. The zero-order valence-electron chi connectivity index (χ0n) is 24.0. The molecule has 200 valence electrons. The number of unbranched alkanes of at least 4 members (excludes halogenated alkanes) is 8. The van der Waals surface area contributed by atoms with Crippen LogP contribution in [0.25, 0.3) is 0 Å². The van der Waals surface area contributed by atoms with Gasteiger partial charge >= 0.3 is 0 Å². The molecule has 0 bridgehead atoms. The molecule has 2 nitrogen and oxygen atoms in total. The van der Waals surface area contributed by atoms with E-state index in [1.165, 1.54) is 135 Å². The number of hydrogen-bond acceptors (Lipinski definition) is 2. The first-order valence-electron chi connectivity index (χ1n) is 15.5. The molecule has 1 saturated heterocycles. The third kappa shape index (κ3) is 16.2. The SMILES string of the molecule is CCCCCCCC(CCCCCC)CN1CCC(O[C@@H](C)C#CC(CCC)CCCC)CC1. The average Bonchev–Trinajstić information content (AvgIpc) is 2.84. The number of piperidine rings is 1. The average molecular weight is 476 g/mol. The normalized spacial score (nSPS) is 17.8. The van der Waals surface area contributed by atoms with E-state index in [0.717, 1.165) is 5.92 Å². The van der Waals surface area contributed by atoms with Gasteiger partial charge in [-0.2, -0.15) is 0 Å². The van der Waals surface area contributed by atoms with Crippen LogP contribution in [-0.2, 0) is 4.74 Å². The Morgan fingerprint density at radius 3 is 1.85 bits per heavy atom. The van der Waals surface area contributed by atoms with Gasteiger partial charge in [-0.1, -0.05) is 117 Å². The molecule has 1 heterocycles. The fourth-order valence-corrected chi connectivity index (χ4v) is 5.46. The molecule has 0 radical (unpaired) electrons. The molecule has 0 aromatic carbocycles. The molecule has 0 aliphatic carbocycles. The molecule has 1 rings (SSSR count). The molecule has 2 heteroatoms. The summed E-state index contributed by atoms with van der Waals surface area (Å²) in [7, 11) is 0. The van der Waals surface area contributed by atoms with Gasteiger partial charge in [-0.05, 0) is 51.4 Å². The Kier molecular flexibility index (Phi) is 20.1. The van der Waals surface area contributed by atoms with E-state index in [1.54, 1.807) is 0 Å². The minimum atomic E-state index is 0.0759. The molecule has 0 spiro atoms. The van der Waals surface area contributed by atoms with Crippen LogP contribution in [0.3, 0.4) is 0 Å². The third-order valence-electron chi connectivity index (χ3n) is 7.66. The van der Waals surface area contributed by atoms with Gasteiger partial charge in [0.2, 0.25) is 0 Å². The van der Waals surface area contributed by atoms with Crippen LogP contribution in [0.15, 0.2) is 0 Å². The van der Waals surface area contributed by atoms with Crippen molar-refractivity contribution >= 4 is 0 Å². The molecule has 34 heavy (non-hydrogen) atoms. The smallest absolute Gasteiger partial charge is 0.115 e. The van der Waals surface area contributed by atoms with Gasteiger partial charge < -0.3 is 9.64 Å². The molecule has 0 N–H and O–H groups in total. The maximum Gasteiger partial charge on any atom is 0.115 e. The summed E-state index contributed by atoms with van der Waals surface area (Å²) in [6.07, 6.45) is 24.7. The van der Waals surface area contributed by atoms with Crippen molar-refractivity contribution in [3.05, 3.63) is 0 Å². The third-order valence-corrected chi connectivity index (χ3v) is 7.66. The first-order valence-corrected chi connectivity index (χ1v) is 15.5. The van der Waals surface area contributed by atoms with Crippen LogP contribution in [0.2, 0.25) is 0 Å². The van der Waals surface area contributed by atoms with Crippen molar-refractivity contribution < 1.29 is 4.74 Å². The first kappa shape index (κ1) is 31.5. The number of hydrogen-bond donors (Lipinski definition) is 0. The van der Waals surface area contributed by atoms with E-state index in [9.17, 15) is 0 Å². The molecule has 0 amide bonds. The largest absolute Gasteiger partial charge is 0.362 e. The maximum atomic E-state index is 6.37. The van der Waals surface area contributed by atoms with Gasteiger partial charge in [-0.25, -0.2) is 0 Å². The van der Waals surface area contributed by atoms with Crippen molar-refractivity contribution in [1.82, 2.24) is 4.90 Å². The predicted octanol–water partition coefficient (Wildman–Crippen LogP) is 9.41. The van der Waals surface area contributed by atoms with Gasteiger partial charge in [0, 0.05) is 25.6 Å². The van der Waals surface area contributed by atoms with Crippen LogP contribution < -0.4 is 0 Å². The summed E-state index contributed by atoms with van der Waals surface area (Å²) in [5, 5.41) is 0. The van der Waals surface area contributed by atoms with E-state index in [-0.39, 0.29) is 6.10 Å². The Hall–Kier alpha value is -0.520. The minimum Gasteiger partial charge on any atom is -0.362 e. The second-order valence-corrected chi connectivity index (χ2v) is 11.1. The Balaban J connectivity index is 2.39. The van der Waals surface area contributed by atoms with E-state index >= 15 is 0 Å². The van der Waals surface area contributed by atoms with Crippen molar-refractivity contribution in [2.45, 2.75) is 162 Å². The molecule has 1 aliphatic rings. The highest BCUT2D eigenvalue weighted by Gasteiger charge is 2.23. The molecule has 3 atom stereocenters. The Morgan fingerprint density at radius 2 is 1.26 bits per heavy atom. The molecule has 2 unspecified atom stereocenters. The second kappa shape index (κ2) is 21.7. The van der Waals surface area contributed by atoms with Crippen molar-refractivity contribution in [3.63, 3.8) is 0 Å². The summed E-state index contributed by atoms with van der Waals surface area (Å²) in [5.41, 5.74) is 0. The van der Waals surface area contributed by atoms with Crippen LogP contribution in [-0.4, -0.2) is 36.7 Å². The van der Waals surface area contributed by atoms with Crippen LogP contribution in [0.1, 0.15) is 150 Å². The second-order valence-electron chi connectivity index (χ2n) is 11.1. The van der Waals surface area contributed by atoms with Gasteiger partial charge in [-0.3, -0.25) is 0 Å². The summed E-state index contributed by atoms with van der Waals surface area (Å²) < 4.78 is 6.37. The summed E-state index contributed by atoms with van der Waals surface area (Å²) in [6.45, 7) is 15.1. The fourth-order valence-electron chi connectivity index (χ4n) is 5.46. The Morgan fingerprint density at radius 1 is 0.676 bits per heavy atom. The molecule has 1 fully saturated rings. The van der Waals surface area contributed by atoms with Gasteiger partial charge in [-0.15, -0.1) is 0 Å². The standard InChI is InChI=1S/C32H61NO/c1-6-10-13-15-17-21-31(20-16-14-11-7-2)28-33-26-24-32(25-27-33)34-29(5)22-23-30(18-9-4)19-12-8-3/h29-32H,6-21,24-28H2,1-5H3/t29-,30?,31?/m0/s1. The van der Waals surface area contributed by atoms with E-state index in [4.69, 9.17) is 4.74 Å². The fraction of sp³-hybridized carbons (Fsp3) is 0.938. The topological polar surface area (TPSA) is 12.5 Å². The zero-order chi connectivity index (χ0) is 24.9. The van der Waals surface area contributed by atoms with E-state index in [1.807, 2.05) is 0 Å². The van der Waals surface area contributed by atoms with Crippen LogP contribution in [0.5, 0.6) is 0 Å². The summed E-state index contributed by atoms with van der Waals surface area (Å²) in [6, 6.07) is 0. The summed E-state index contributed by atoms with van der Waals surface area (Å²) in [5.74, 6) is 8.47. The highest BCUT2D eigenvalue weighted by molar-refractivity contribution is 5.07. The highest BCUT2D eigenvalue weighted by atomic mass is 16.5. The highest BCUT2D eigenvalue weighted by Crippen LogP contribution is 2.23.